The molecule has 0 saturated heterocycles. The van der Waals surface area contributed by atoms with Crippen LogP contribution in [0.5, 0.6) is 0 Å². The molecule has 0 aliphatic rings. The monoisotopic (exact) mass is 347 g/mol. The van der Waals surface area contributed by atoms with E-state index >= 15 is 0 Å². The van der Waals surface area contributed by atoms with Crippen LogP contribution < -0.4 is 11.1 Å². The van der Waals surface area contributed by atoms with Gasteiger partial charge in [0.15, 0.2) is 6.10 Å². The molecule has 2 rings (SSSR count). The van der Waals surface area contributed by atoms with Gasteiger partial charge in [-0.2, -0.15) is 0 Å². The van der Waals surface area contributed by atoms with Crippen LogP contribution in [0.15, 0.2) is 24.3 Å². The summed E-state index contributed by atoms with van der Waals surface area (Å²) < 4.78 is 5.17. The van der Waals surface area contributed by atoms with Gasteiger partial charge in [0.1, 0.15) is 4.88 Å². The molecule has 7 nitrogen and oxygen atoms in total. The number of aryl methyl sites for hydroxylation is 2. The van der Waals surface area contributed by atoms with Crippen LogP contribution in [0.1, 0.15) is 37.7 Å². The molecule has 8 heteroatoms. The summed E-state index contributed by atoms with van der Waals surface area (Å²) in [6.07, 6.45) is -0.977. The van der Waals surface area contributed by atoms with E-state index < -0.39 is 23.9 Å². The number of primary amides is 1. The smallest absolute Gasteiger partial charge is 0.351 e. The van der Waals surface area contributed by atoms with Crippen LogP contribution in [0, 0.1) is 13.8 Å². The molecule has 0 saturated carbocycles. The Bertz CT molecular complexity index is 783. The minimum atomic E-state index is -0.977. The van der Waals surface area contributed by atoms with Crippen LogP contribution in [0.2, 0.25) is 0 Å². The van der Waals surface area contributed by atoms with Gasteiger partial charge < -0.3 is 15.8 Å². The minimum absolute atomic E-state index is 0.337. The highest BCUT2D eigenvalue weighted by atomic mass is 32.1. The third kappa shape index (κ3) is 4.17. The number of carbonyl (C=O) groups excluding carboxylic acids is 3. The number of anilines is 1. The Balaban J connectivity index is 1.98. The van der Waals surface area contributed by atoms with Gasteiger partial charge in [0.25, 0.3) is 5.91 Å². The van der Waals surface area contributed by atoms with Crippen molar-refractivity contribution in [3.05, 3.63) is 45.4 Å². The first-order valence-electron chi connectivity index (χ1n) is 7.13. The number of nitrogens with two attached hydrogens (primary N) is 1. The number of ether oxygens (including phenoxy) is 1. The maximum absolute atomic E-state index is 12.1. The second-order valence-electron chi connectivity index (χ2n) is 5.13. The van der Waals surface area contributed by atoms with Crippen LogP contribution in [0.4, 0.5) is 5.69 Å². The minimum Gasteiger partial charge on any atom is -0.448 e. The lowest BCUT2D eigenvalue weighted by molar-refractivity contribution is -0.123. The second kappa shape index (κ2) is 7.22. The standard InChI is InChI=1S/C16H17N3O4S/c1-8-13(24-10(3)18-8)16(22)23-9(2)15(21)19-12-6-4-11(5-7-12)14(17)20/h4-7,9H,1-3H3,(H2,17,20)(H,19,21)/t9-/m0/s1. The van der Waals surface area contributed by atoms with E-state index in [1.807, 2.05) is 0 Å². The molecule has 0 fully saturated rings. The molecule has 24 heavy (non-hydrogen) atoms. The first kappa shape index (κ1) is 17.6. The molecule has 1 aromatic carbocycles. The van der Waals surface area contributed by atoms with Gasteiger partial charge in [-0.1, -0.05) is 0 Å². The predicted octanol–water partition coefficient (Wildman–Crippen LogP) is 2.04. The number of esters is 1. The summed E-state index contributed by atoms with van der Waals surface area (Å²) in [7, 11) is 0. The van der Waals surface area contributed by atoms with Gasteiger partial charge in [-0.05, 0) is 45.0 Å². The third-order valence-electron chi connectivity index (χ3n) is 3.18. The topological polar surface area (TPSA) is 111 Å². The summed E-state index contributed by atoms with van der Waals surface area (Å²) in [5, 5.41) is 3.36. The van der Waals surface area contributed by atoms with Gasteiger partial charge >= 0.3 is 5.97 Å². The van der Waals surface area contributed by atoms with E-state index in [0.717, 1.165) is 5.01 Å². The van der Waals surface area contributed by atoms with Crippen molar-refractivity contribution >= 4 is 34.8 Å². The summed E-state index contributed by atoms with van der Waals surface area (Å²) in [6.45, 7) is 4.99. The molecule has 3 N–H and O–H groups in total. The van der Waals surface area contributed by atoms with Gasteiger partial charge in [0, 0.05) is 11.3 Å². The largest absolute Gasteiger partial charge is 0.448 e. The van der Waals surface area contributed by atoms with Crippen LogP contribution in [0.25, 0.3) is 0 Å². The van der Waals surface area contributed by atoms with Crippen LogP contribution >= 0.6 is 11.3 Å². The van der Waals surface area contributed by atoms with Crippen molar-refractivity contribution in [3.63, 3.8) is 0 Å². The van der Waals surface area contributed by atoms with Crippen molar-refractivity contribution in [2.45, 2.75) is 26.9 Å². The molecule has 1 aromatic heterocycles. The highest BCUT2D eigenvalue weighted by Crippen LogP contribution is 2.19. The number of benzene rings is 1. The van der Waals surface area contributed by atoms with Crippen LogP contribution in [0.3, 0.4) is 0 Å². The maximum Gasteiger partial charge on any atom is 0.351 e. The molecule has 0 aliphatic carbocycles. The third-order valence-corrected chi connectivity index (χ3v) is 4.23. The molecule has 2 amide bonds. The van der Waals surface area contributed by atoms with Gasteiger partial charge in [0.2, 0.25) is 5.91 Å². The van der Waals surface area contributed by atoms with E-state index in [1.165, 1.54) is 30.4 Å². The van der Waals surface area contributed by atoms with Crippen molar-refractivity contribution in [1.82, 2.24) is 4.98 Å². The van der Waals surface area contributed by atoms with Crippen molar-refractivity contribution < 1.29 is 19.1 Å². The lowest BCUT2D eigenvalue weighted by Gasteiger charge is -2.13. The number of thiazole rings is 1. The average molecular weight is 347 g/mol. The number of amides is 2. The molecule has 0 bridgehead atoms. The Labute approximate surface area is 142 Å². The summed E-state index contributed by atoms with van der Waals surface area (Å²) in [6, 6.07) is 6.09. The van der Waals surface area contributed by atoms with Crippen molar-refractivity contribution in [2.24, 2.45) is 5.73 Å². The lowest BCUT2D eigenvalue weighted by Crippen LogP contribution is -2.30. The zero-order chi connectivity index (χ0) is 17.9. The quantitative estimate of drug-likeness (QED) is 0.804. The molecule has 0 unspecified atom stereocenters. The summed E-state index contributed by atoms with van der Waals surface area (Å²) in [5.74, 6) is -1.61. The van der Waals surface area contributed by atoms with E-state index in [4.69, 9.17) is 10.5 Å². The number of aromatic nitrogens is 1. The highest BCUT2D eigenvalue weighted by Gasteiger charge is 2.22. The average Bonchev–Trinajstić information content (AvgIpc) is 2.86. The fourth-order valence-electron chi connectivity index (χ4n) is 1.95. The van der Waals surface area contributed by atoms with E-state index in [0.29, 0.717) is 21.8 Å². The zero-order valence-corrected chi connectivity index (χ0v) is 14.3. The molecular formula is C16H17N3O4S. The number of rotatable bonds is 5. The maximum atomic E-state index is 12.1. The van der Waals surface area contributed by atoms with E-state index in [9.17, 15) is 14.4 Å². The Morgan fingerprint density at radius 2 is 1.83 bits per heavy atom. The zero-order valence-electron chi connectivity index (χ0n) is 13.5. The Kier molecular flexibility index (Phi) is 5.30. The highest BCUT2D eigenvalue weighted by molar-refractivity contribution is 7.13. The molecule has 126 valence electrons. The summed E-state index contributed by atoms with van der Waals surface area (Å²) >= 11 is 1.22. The van der Waals surface area contributed by atoms with Gasteiger partial charge in [-0.25, -0.2) is 9.78 Å². The van der Waals surface area contributed by atoms with E-state index in [1.54, 1.807) is 26.0 Å². The number of nitrogens with one attached hydrogen (secondary N) is 1. The normalized spacial score (nSPS) is 11.6. The number of hydrogen-bond donors (Lipinski definition) is 2. The van der Waals surface area contributed by atoms with Crippen molar-refractivity contribution in [1.29, 1.82) is 0 Å². The predicted molar refractivity (Wildman–Crippen MR) is 90.1 cm³/mol. The summed E-state index contributed by atoms with van der Waals surface area (Å²) in [4.78, 5) is 39.7. The number of hydrogen-bond acceptors (Lipinski definition) is 6. The molecule has 1 atom stereocenters. The van der Waals surface area contributed by atoms with Crippen LogP contribution in [-0.2, 0) is 9.53 Å². The number of carbonyl (C=O) groups is 3. The van der Waals surface area contributed by atoms with Gasteiger partial charge in [-0.3, -0.25) is 9.59 Å². The SMILES string of the molecule is Cc1nc(C)c(C(=O)O[C@@H](C)C(=O)Nc2ccc(C(N)=O)cc2)s1. The number of nitrogens with zero attached hydrogens (tertiary/aromatic N) is 1. The molecule has 0 spiro atoms. The van der Waals surface area contributed by atoms with E-state index in [2.05, 4.69) is 10.3 Å². The second-order valence-corrected chi connectivity index (χ2v) is 6.33. The summed E-state index contributed by atoms with van der Waals surface area (Å²) in [5.41, 5.74) is 6.54. The lowest BCUT2D eigenvalue weighted by atomic mass is 10.2. The van der Waals surface area contributed by atoms with Gasteiger partial charge in [0.05, 0.1) is 10.7 Å². The Hall–Kier alpha value is -2.74. The first-order chi connectivity index (χ1) is 11.3. The Morgan fingerprint density at radius 1 is 1.21 bits per heavy atom. The van der Waals surface area contributed by atoms with Crippen LogP contribution in [-0.4, -0.2) is 28.9 Å². The molecule has 1 heterocycles. The molecular weight excluding hydrogens is 330 g/mol. The molecule has 0 aliphatic heterocycles. The molecule has 0 radical (unpaired) electrons. The van der Waals surface area contributed by atoms with Gasteiger partial charge in [-0.15, -0.1) is 11.3 Å². The fraction of sp³-hybridized carbons (Fsp3) is 0.250. The van der Waals surface area contributed by atoms with Crippen molar-refractivity contribution in [2.75, 3.05) is 5.32 Å². The molecule has 2 aromatic rings. The first-order valence-corrected chi connectivity index (χ1v) is 7.95. The van der Waals surface area contributed by atoms with E-state index in [-0.39, 0.29) is 0 Å². The fourth-order valence-corrected chi connectivity index (χ4v) is 2.75. The Morgan fingerprint density at radius 3 is 2.33 bits per heavy atom. The van der Waals surface area contributed by atoms with Crippen molar-refractivity contribution in [3.8, 4) is 0 Å².